The highest BCUT2D eigenvalue weighted by Crippen LogP contribution is 2.24. The van der Waals surface area contributed by atoms with E-state index in [9.17, 15) is 17.2 Å². The molecular formula is C20H26F2N4O3S. The molecule has 3 heterocycles. The van der Waals surface area contributed by atoms with Crippen LogP contribution < -0.4 is 4.72 Å². The van der Waals surface area contributed by atoms with Gasteiger partial charge in [0.2, 0.25) is 10.0 Å². The van der Waals surface area contributed by atoms with Gasteiger partial charge in [-0.05, 0) is 38.4 Å². The van der Waals surface area contributed by atoms with Crippen LogP contribution in [0.1, 0.15) is 36.7 Å². The number of nitrogens with zero attached hydrogens (tertiary/aromatic N) is 3. The van der Waals surface area contributed by atoms with Crippen LogP contribution in [0.2, 0.25) is 0 Å². The zero-order chi connectivity index (χ0) is 21.3. The minimum Gasteiger partial charge on any atom is -0.376 e. The van der Waals surface area contributed by atoms with E-state index >= 15 is 0 Å². The van der Waals surface area contributed by atoms with Crippen molar-refractivity contribution in [2.45, 2.75) is 56.8 Å². The quantitative estimate of drug-likeness (QED) is 0.745. The Bertz CT molecular complexity index is 1010. The number of ether oxygens (including phenoxy) is 1. The van der Waals surface area contributed by atoms with Crippen LogP contribution in [0.15, 0.2) is 23.1 Å². The van der Waals surface area contributed by atoms with E-state index in [1.807, 2.05) is 4.68 Å². The number of likely N-dealkylation sites (tertiary alicyclic amines) is 1. The normalized spacial score (nSPS) is 20.3. The number of aromatic nitrogens is 2. The van der Waals surface area contributed by atoms with Crippen molar-refractivity contribution in [3.8, 4) is 0 Å². The lowest BCUT2D eigenvalue weighted by molar-refractivity contribution is 0.107. The second-order valence-corrected chi connectivity index (χ2v) is 9.50. The van der Waals surface area contributed by atoms with Crippen molar-refractivity contribution < 1.29 is 21.9 Å². The molecule has 0 aliphatic carbocycles. The Kier molecular flexibility index (Phi) is 6.19. The molecule has 1 aromatic carbocycles. The van der Waals surface area contributed by atoms with Gasteiger partial charge in [0.1, 0.15) is 11.6 Å². The molecule has 1 aromatic heterocycles. The number of hydrogen-bond donors (Lipinski definition) is 1. The molecule has 4 rings (SSSR count). The first-order valence-electron chi connectivity index (χ1n) is 10.2. The standard InChI is InChI=1S/C20H26F2N4O3S/c1-2-26-20-5-7-29-13-18(20)19(23-26)12-25-6-3-4-16(11-25)24-30(27,28)17-9-14(21)8-15(22)10-17/h8-10,16,24H,2-7,11-13H2,1H3. The molecule has 1 atom stereocenters. The lowest BCUT2D eigenvalue weighted by atomic mass is 10.0. The van der Waals surface area contributed by atoms with Gasteiger partial charge in [0.05, 0.1) is 23.8 Å². The third kappa shape index (κ3) is 4.56. The molecule has 164 valence electrons. The number of piperidine rings is 1. The summed E-state index contributed by atoms with van der Waals surface area (Å²) in [7, 11) is -4.01. The fraction of sp³-hybridized carbons (Fsp3) is 0.550. The molecule has 0 amide bonds. The Balaban J connectivity index is 1.46. The number of sulfonamides is 1. The van der Waals surface area contributed by atoms with Crippen LogP contribution in [0.4, 0.5) is 8.78 Å². The fourth-order valence-electron chi connectivity index (χ4n) is 4.25. The Morgan fingerprint density at radius 3 is 2.77 bits per heavy atom. The summed E-state index contributed by atoms with van der Waals surface area (Å²) < 4.78 is 62.4. The molecule has 2 aliphatic heterocycles. The first-order chi connectivity index (χ1) is 14.4. The number of fused-ring (bicyclic) bond motifs is 1. The van der Waals surface area contributed by atoms with Crippen molar-refractivity contribution in [2.75, 3.05) is 19.7 Å². The SMILES string of the molecule is CCn1nc(CN2CCCC(NS(=O)(=O)c3cc(F)cc(F)c3)C2)c2c1CCOC2. The Labute approximate surface area is 175 Å². The van der Waals surface area contributed by atoms with E-state index < -0.39 is 26.6 Å². The van der Waals surface area contributed by atoms with Gasteiger partial charge in [-0.3, -0.25) is 9.58 Å². The Morgan fingerprint density at radius 2 is 2.03 bits per heavy atom. The smallest absolute Gasteiger partial charge is 0.241 e. The topological polar surface area (TPSA) is 76.5 Å². The molecule has 1 saturated heterocycles. The van der Waals surface area contributed by atoms with Gasteiger partial charge in [-0.1, -0.05) is 0 Å². The predicted octanol–water partition coefficient (Wildman–Crippen LogP) is 2.20. The monoisotopic (exact) mass is 440 g/mol. The maximum atomic E-state index is 13.5. The van der Waals surface area contributed by atoms with Crippen LogP contribution >= 0.6 is 0 Å². The van der Waals surface area contributed by atoms with Crippen molar-refractivity contribution in [2.24, 2.45) is 0 Å². The first-order valence-corrected chi connectivity index (χ1v) is 11.7. The molecular weight excluding hydrogens is 414 g/mol. The summed E-state index contributed by atoms with van der Waals surface area (Å²) in [5, 5.41) is 4.74. The second kappa shape index (κ2) is 8.70. The number of benzene rings is 1. The van der Waals surface area contributed by atoms with Crippen LogP contribution in [0.3, 0.4) is 0 Å². The molecule has 30 heavy (non-hydrogen) atoms. The van der Waals surface area contributed by atoms with Gasteiger partial charge < -0.3 is 4.74 Å². The van der Waals surface area contributed by atoms with E-state index in [0.29, 0.717) is 38.8 Å². The van der Waals surface area contributed by atoms with Gasteiger partial charge in [-0.15, -0.1) is 0 Å². The molecule has 0 spiro atoms. The first kappa shape index (κ1) is 21.4. The van der Waals surface area contributed by atoms with Crippen LogP contribution in [0.5, 0.6) is 0 Å². The highest BCUT2D eigenvalue weighted by atomic mass is 32.2. The maximum absolute atomic E-state index is 13.5. The van der Waals surface area contributed by atoms with E-state index in [1.54, 1.807) is 0 Å². The maximum Gasteiger partial charge on any atom is 0.241 e. The minimum atomic E-state index is -4.01. The van der Waals surface area contributed by atoms with Gasteiger partial charge in [0, 0.05) is 49.4 Å². The average Bonchev–Trinajstić information content (AvgIpc) is 3.05. The zero-order valence-electron chi connectivity index (χ0n) is 16.9. The van der Waals surface area contributed by atoms with E-state index in [4.69, 9.17) is 9.84 Å². The molecule has 0 radical (unpaired) electrons. The molecule has 10 heteroatoms. The average molecular weight is 441 g/mol. The Morgan fingerprint density at radius 1 is 1.27 bits per heavy atom. The Hall–Kier alpha value is -1.88. The largest absolute Gasteiger partial charge is 0.376 e. The van der Waals surface area contributed by atoms with Crippen molar-refractivity contribution in [1.82, 2.24) is 19.4 Å². The van der Waals surface area contributed by atoms with Gasteiger partial charge in [0.25, 0.3) is 0 Å². The number of nitrogens with one attached hydrogen (secondary N) is 1. The van der Waals surface area contributed by atoms with Crippen molar-refractivity contribution in [3.05, 3.63) is 46.8 Å². The third-order valence-corrected chi connectivity index (χ3v) is 7.13. The van der Waals surface area contributed by atoms with Crippen LogP contribution in [-0.2, 0) is 40.9 Å². The van der Waals surface area contributed by atoms with Crippen LogP contribution in [-0.4, -0.2) is 48.8 Å². The summed E-state index contributed by atoms with van der Waals surface area (Å²) in [6.07, 6.45) is 2.33. The summed E-state index contributed by atoms with van der Waals surface area (Å²) in [5.74, 6) is -1.83. The van der Waals surface area contributed by atoms with E-state index in [0.717, 1.165) is 49.3 Å². The molecule has 2 aliphatic rings. The lowest BCUT2D eigenvalue weighted by Gasteiger charge is -2.32. The van der Waals surface area contributed by atoms with Crippen molar-refractivity contribution >= 4 is 10.0 Å². The number of halogens is 2. The summed E-state index contributed by atoms with van der Waals surface area (Å²) in [6, 6.07) is 1.97. The molecule has 2 aromatic rings. The molecule has 0 saturated carbocycles. The summed E-state index contributed by atoms with van der Waals surface area (Å²) in [5.41, 5.74) is 3.34. The third-order valence-electron chi connectivity index (χ3n) is 5.63. The number of aryl methyl sites for hydroxylation is 1. The summed E-state index contributed by atoms with van der Waals surface area (Å²) >= 11 is 0. The van der Waals surface area contributed by atoms with Crippen LogP contribution in [0.25, 0.3) is 0 Å². The van der Waals surface area contributed by atoms with Gasteiger partial charge >= 0.3 is 0 Å². The van der Waals surface area contributed by atoms with Crippen molar-refractivity contribution in [1.29, 1.82) is 0 Å². The number of rotatable bonds is 6. The molecule has 1 N–H and O–H groups in total. The van der Waals surface area contributed by atoms with E-state index in [1.165, 1.54) is 5.69 Å². The molecule has 1 unspecified atom stereocenters. The highest BCUT2D eigenvalue weighted by molar-refractivity contribution is 7.89. The predicted molar refractivity (Wildman–Crippen MR) is 106 cm³/mol. The summed E-state index contributed by atoms with van der Waals surface area (Å²) in [4.78, 5) is 1.77. The molecule has 0 bridgehead atoms. The van der Waals surface area contributed by atoms with E-state index in [-0.39, 0.29) is 6.04 Å². The highest BCUT2D eigenvalue weighted by Gasteiger charge is 2.28. The van der Waals surface area contributed by atoms with Gasteiger partial charge in [-0.2, -0.15) is 5.10 Å². The molecule has 1 fully saturated rings. The zero-order valence-corrected chi connectivity index (χ0v) is 17.7. The minimum absolute atomic E-state index is 0.338. The van der Waals surface area contributed by atoms with Crippen LogP contribution in [0, 0.1) is 11.6 Å². The van der Waals surface area contributed by atoms with Crippen molar-refractivity contribution in [3.63, 3.8) is 0 Å². The van der Waals surface area contributed by atoms with E-state index in [2.05, 4.69) is 16.5 Å². The number of hydrogen-bond acceptors (Lipinski definition) is 5. The lowest BCUT2D eigenvalue weighted by Crippen LogP contribution is -2.47. The van der Waals surface area contributed by atoms with Gasteiger partial charge in [0.15, 0.2) is 0 Å². The summed E-state index contributed by atoms with van der Waals surface area (Å²) in [6.45, 7) is 6.08. The van der Waals surface area contributed by atoms with Gasteiger partial charge in [-0.25, -0.2) is 21.9 Å². The molecule has 7 nitrogen and oxygen atoms in total. The second-order valence-electron chi connectivity index (χ2n) is 7.79. The fourth-order valence-corrected chi connectivity index (χ4v) is 5.55.